The molecule has 1 fully saturated rings. The number of carbonyl (C=O) groups excluding carboxylic acids is 1. The molecule has 0 unspecified atom stereocenters. The molecule has 1 aliphatic rings. The Bertz CT molecular complexity index is 1080. The Morgan fingerprint density at radius 1 is 0.912 bits per heavy atom. The molecule has 3 aromatic rings. The van der Waals surface area contributed by atoms with Gasteiger partial charge in [0.05, 0.1) is 12.8 Å². The van der Waals surface area contributed by atoms with E-state index >= 15 is 0 Å². The summed E-state index contributed by atoms with van der Waals surface area (Å²) in [7, 11) is 1.73. The second-order valence-electron chi connectivity index (χ2n) is 8.52. The largest absolute Gasteiger partial charge is 0.495 e. The maximum absolute atomic E-state index is 12.5. The number of nitrogens with zero attached hydrogens (tertiary/aromatic N) is 2. The molecule has 0 saturated carbocycles. The van der Waals surface area contributed by atoms with Crippen molar-refractivity contribution < 1.29 is 9.53 Å². The van der Waals surface area contributed by atoms with Gasteiger partial charge in [0.1, 0.15) is 5.75 Å². The molecule has 3 aromatic carbocycles. The molecule has 0 aromatic heterocycles. The van der Waals surface area contributed by atoms with Gasteiger partial charge in [-0.15, -0.1) is 0 Å². The molecule has 1 N–H and O–H groups in total. The molecule has 0 atom stereocenters. The third-order valence-corrected chi connectivity index (χ3v) is 6.65. The molecule has 1 aliphatic heterocycles. The number of hydrogen-bond donors (Lipinski definition) is 1. The predicted octanol–water partition coefficient (Wildman–Crippen LogP) is 5.35. The van der Waals surface area contributed by atoms with Gasteiger partial charge in [0.2, 0.25) is 0 Å². The standard InChI is InChI=1S/C28H32ClN3O2/c1-34-27-11-5-4-10-26(27)32-20-18-31(19-21-32)17-7-6-16-30-28(33)23-14-12-22(13-15-23)24-8-2-3-9-25(24)29/h2-5,8-15H,6-7,16-21H2,1H3,(H,30,33). The lowest BCUT2D eigenvalue weighted by molar-refractivity contribution is 0.0952. The van der Waals surface area contributed by atoms with Crippen LogP contribution < -0.4 is 15.0 Å². The second kappa shape index (κ2) is 11.9. The summed E-state index contributed by atoms with van der Waals surface area (Å²) >= 11 is 6.27. The first-order valence-corrected chi connectivity index (χ1v) is 12.3. The van der Waals surface area contributed by atoms with Gasteiger partial charge in [0.25, 0.3) is 5.91 Å². The lowest BCUT2D eigenvalue weighted by Gasteiger charge is -2.36. The van der Waals surface area contributed by atoms with Gasteiger partial charge in [-0.05, 0) is 55.3 Å². The molecule has 1 saturated heterocycles. The van der Waals surface area contributed by atoms with Crippen molar-refractivity contribution in [1.29, 1.82) is 0 Å². The number of benzene rings is 3. The highest BCUT2D eigenvalue weighted by Gasteiger charge is 2.19. The van der Waals surface area contributed by atoms with Gasteiger partial charge in [-0.25, -0.2) is 0 Å². The average Bonchev–Trinajstić information content (AvgIpc) is 2.89. The number of methoxy groups -OCH3 is 1. The lowest BCUT2D eigenvalue weighted by Crippen LogP contribution is -2.46. The number of hydrogen-bond acceptors (Lipinski definition) is 4. The van der Waals surface area contributed by atoms with Gasteiger partial charge in [0.15, 0.2) is 0 Å². The van der Waals surface area contributed by atoms with E-state index in [1.54, 1.807) is 7.11 Å². The van der Waals surface area contributed by atoms with Crippen LogP contribution in [0.4, 0.5) is 5.69 Å². The molecule has 4 rings (SSSR count). The van der Waals surface area contributed by atoms with Crippen LogP contribution in [0.5, 0.6) is 5.75 Å². The van der Waals surface area contributed by atoms with Gasteiger partial charge in [-0.1, -0.05) is 54.1 Å². The zero-order valence-electron chi connectivity index (χ0n) is 19.7. The van der Waals surface area contributed by atoms with Crippen LogP contribution >= 0.6 is 11.6 Å². The van der Waals surface area contributed by atoms with Crippen LogP contribution in [0.25, 0.3) is 11.1 Å². The van der Waals surface area contributed by atoms with Crippen molar-refractivity contribution >= 4 is 23.2 Å². The molecular weight excluding hydrogens is 446 g/mol. The summed E-state index contributed by atoms with van der Waals surface area (Å²) in [5.74, 6) is 0.904. The van der Waals surface area contributed by atoms with E-state index in [4.69, 9.17) is 16.3 Å². The summed E-state index contributed by atoms with van der Waals surface area (Å²) in [5.41, 5.74) is 3.82. The molecule has 0 radical (unpaired) electrons. The van der Waals surface area contributed by atoms with Gasteiger partial charge in [0, 0.05) is 48.9 Å². The third-order valence-electron chi connectivity index (χ3n) is 6.32. The fourth-order valence-corrected chi connectivity index (χ4v) is 4.61. The normalized spacial score (nSPS) is 14.1. The van der Waals surface area contributed by atoms with Crippen LogP contribution in [0.3, 0.4) is 0 Å². The van der Waals surface area contributed by atoms with Gasteiger partial charge in [-0.2, -0.15) is 0 Å². The van der Waals surface area contributed by atoms with Gasteiger partial charge >= 0.3 is 0 Å². The van der Waals surface area contributed by atoms with Crippen molar-refractivity contribution in [2.24, 2.45) is 0 Å². The number of amides is 1. The number of piperazine rings is 1. The molecule has 1 amide bonds. The van der Waals surface area contributed by atoms with E-state index in [-0.39, 0.29) is 5.91 Å². The lowest BCUT2D eigenvalue weighted by atomic mass is 10.0. The fourth-order valence-electron chi connectivity index (χ4n) is 4.36. The molecule has 34 heavy (non-hydrogen) atoms. The van der Waals surface area contributed by atoms with E-state index in [2.05, 4.69) is 27.2 Å². The first kappa shape index (κ1) is 24.1. The van der Waals surface area contributed by atoms with E-state index in [1.807, 2.05) is 60.7 Å². The average molecular weight is 478 g/mol. The van der Waals surface area contributed by atoms with Crippen LogP contribution in [-0.2, 0) is 0 Å². The van der Waals surface area contributed by atoms with Gasteiger partial charge in [-0.3, -0.25) is 9.69 Å². The summed E-state index contributed by atoms with van der Waals surface area (Å²) in [6, 6.07) is 23.5. The summed E-state index contributed by atoms with van der Waals surface area (Å²) in [5, 5.41) is 3.75. The SMILES string of the molecule is COc1ccccc1N1CCN(CCCCNC(=O)c2ccc(-c3ccccc3Cl)cc2)CC1. The number of unbranched alkanes of at least 4 members (excludes halogenated alkanes) is 1. The Morgan fingerprint density at radius 3 is 2.35 bits per heavy atom. The topological polar surface area (TPSA) is 44.8 Å². The van der Waals surface area contributed by atoms with Crippen LogP contribution in [-0.4, -0.2) is 57.2 Å². The van der Waals surface area contributed by atoms with Crippen molar-refractivity contribution in [2.75, 3.05) is 51.3 Å². The Labute approximate surface area is 207 Å². The van der Waals surface area contributed by atoms with Crippen molar-refractivity contribution in [3.63, 3.8) is 0 Å². The van der Waals surface area contributed by atoms with Crippen molar-refractivity contribution in [3.05, 3.63) is 83.4 Å². The third kappa shape index (κ3) is 6.10. The highest BCUT2D eigenvalue weighted by atomic mass is 35.5. The van der Waals surface area contributed by atoms with E-state index in [0.29, 0.717) is 17.1 Å². The number of nitrogens with one attached hydrogen (secondary N) is 1. The molecule has 0 bridgehead atoms. The maximum Gasteiger partial charge on any atom is 0.251 e. The first-order valence-electron chi connectivity index (χ1n) is 11.9. The summed E-state index contributed by atoms with van der Waals surface area (Å²) in [4.78, 5) is 17.4. The minimum Gasteiger partial charge on any atom is -0.495 e. The Kier molecular flexibility index (Phi) is 8.45. The minimum atomic E-state index is -0.0314. The first-order chi connectivity index (χ1) is 16.7. The summed E-state index contributed by atoms with van der Waals surface area (Å²) in [6.07, 6.45) is 2.04. The van der Waals surface area contributed by atoms with E-state index < -0.39 is 0 Å². The molecule has 1 heterocycles. The number of anilines is 1. The molecule has 5 nitrogen and oxygen atoms in total. The zero-order chi connectivity index (χ0) is 23.8. The molecule has 6 heteroatoms. The quantitative estimate of drug-likeness (QED) is 0.422. The highest BCUT2D eigenvalue weighted by molar-refractivity contribution is 6.33. The Morgan fingerprint density at radius 2 is 1.62 bits per heavy atom. The van der Waals surface area contributed by atoms with Crippen LogP contribution in [0.2, 0.25) is 5.02 Å². The zero-order valence-corrected chi connectivity index (χ0v) is 20.4. The highest BCUT2D eigenvalue weighted by Crippen LogP contribution is 2.29. The molecule has 178 valence electrons. The predicted molar refractivity (Wildman–Crippen MR) is 140 cm³/mol. The smallest absolute Gasteiger partial charge is 0.251 e. The van der Waals surface area contributed by atoms with Crippen LogP contribution in [0, 0.1) is 0 Å². The maximum atomic E-state index is 12.5. The van der Waals surface area contributed by atoms with Gasteiger partial charge < -0.3 is 15.0 Å². The number of halogens is 1. The molecule has 0 spiro atoms. The van der Waals surface area contributed by atoms with Crippen LogP contribution in [0.1, 0.15) is 23.2 Å². The number of carbonyl (C=O) groups is 1. The number of rotatable bonds is 9. The molecule has 0 aliphatic carbocycles. The Hall–Kier alpha value is -3.02. The Balaban J connectivity index is 1.15. The van der Waals surface area contributed by atoms with E-state index in [1.165, 1.54) is 5.69 Å². The monoisotopic (exact) mass is 477 g/mol. The van der Waals surface area contributed by atoms with Crippen LogP contribution in [0.15, 0.2) is 72.8 Å². The van der Waals surface area contributed by atoms with Crippen molar-refractivity contribution in [1.82, 2.24) is 10.2 Å². The van der Waals surface area contributed by atoms with Crippen molar-refractivity contribution in [2.45, 2.75) is 12.8 Å². The number of para-hydroxylation sites is 2. The number of ether oxygens (including phenoxy) is 1. The van der Waals surface area contributed by atoms with E-state index in [0.717, 1.165) is 62.4 Å². The summed E-state index contributed by atoms with van der Waals surface area (Å²) < 4.78 is 5.50. The van der Waals surface area contributed by atoms with E-state index in [9.17, 15) is 4.79 Å². The second-order valence-corrected chi connectivity index (χ2v) is 8.93. The fraction of sp³-hybridized carbons (Fsp3) is 0.321. The van der Waals surface area contributed by atoms with Crippen molar-refractivity contribution in [3.8, 4) is 16.9 Å². The minimum absolute atomic E-state index is 0.0314. The molecular formula is C28H32ClN3O2. The summed E-state index contributed by atoms with van der Waals surface area (Å²) in [6.45, 7) is 5.83.